The zero-order valence-electron chi connectivity index (χ0n) is 8.57. The molecule has 82 valence electrons. The molecule has 0 radical (unpaired) electrons. The van der Waals surface area contributed by atoms with Gasteiger partial charge in [0.05, 0.1) is 4.70 Å². The Labute approximate surface area is 95.2 Å². The molecule has 0 fully saturated rings. The number of ether oxygens (including phenoxy) is 1. The molecule has 0 bridgehead atoms. The smallest absolute Gasteiger partial charge is 0.338 e. The van der Waals surface area contributed by atoms with Gasteiger partial charge in [-0.3, -0.25) is 4.79 Å². The third kappa shape index (κ3) is 1.90. The standard InChI is InChI=1S/C11H9NO3S/c1-6(2)10(13)15-7-4-3-5-8-9(7)12-11(14)16-8/h3-5H,1H2,2H3,(H,12,14). The first kappa shape index (κ1) is 10.6. The number of hydrogen-bond acceptors (Lipinski definition) is 4. The molecule has 0 unspecified atom stereocenters. The van der Waals surface area contributed by atoms with Gasteiger partial charge >= 0.3 is 10.8 Å². The predicted octanol–water partition coefficient (Wildman–Crippen LogP) is 2.07. The summed E-state index contributed by atoms with van der Waals surface area (Å²) in [6.45, 7) is 5.06. The van der Waals surface area contributed by atoms with Crippen molar-refractivity contribution in [3.63, 3.8) is 0 Å². The van der Waals surface area contributed by atoms with Crippen molar-refractivity contribution in [3.05, 3.63) is 40.0 Å². The zero-order valence-corrected chi connectivity index (χ0v) is 9.39. The highest BCUT2D eigenvalue weighted by Crippen LogP contribution is 2.25. The highest BCUT2D eigenvalue weighted by Gasteiger charge is 2.10. The number of benzene rings is 1. The molecule has 2 rings (SSSR count). The fraction of sp³-hybridized carbons (Fsp3) is 0.0909. The second kappa shape index (κ2) is 3.94. The first-order valence-corrected chi connectivity index (χ1v) is 5.39. The Bertz CT molecular complexity index is 623. The summed E-state index contributed by atoms with van der Waals surface area (Å²) in [5.74, 6) is -0.150. The monoisotopic (exact) mass is 235 g/mol. The quantitative estimate of drug-likeness (QED) is 0.492. The summed E-state index contributed by atoms with van der Waals surface area (Å²) in [6, 6.07) is 5.15. The average molecular weight is 235 g/mol. The zero-order chi connectivity index (χ0) is 11.7. The number of rotatable bonds is 2. The molecule has 0 saturated heterocycles. The van der Waals surface area contributed by atoms with Gasteiger partial charge in [-0.1, -0.05) is 24.0 Å². The van der Waals surface area contributed by atoms with Crippen LogP contribution < -0.4 is 9.61 Å². The summed E-state index contributed by atoms with van der Waals surface area (Å²) in [4.78, 5) is 25.0. The van der Waals surface area contributed by atoms with Crippen LogP contribution in [0.5, 0.6) is 5.75 Å². The van der Waals surface area contributed by atoms with Crippen molar-refractivity contribution < 1.29 is 9.53 Å². The number of H-pyrrole nitrogens is 1. The summed E-state index contributed by atoms with van der Waals surface area (Å²) in [7, 11) is 0. The van der Waals surface area contributed by atoms with E-state index in [1.54, 1.807) is 25.1 Å². The third-order valence-corrected chi connectivity index (χ3v) is 2.82. The number of aromatic nitrogens is 1. The van der Waals surface area contributed by atoms with Crippen molar-refractivity contribution in [2.24, 2.45) is 0 Å². The Morgan fingerprint density at radius 2 is 2.25 bits per heavy atom. The van der Waals surface area contributed by atoms with Gasteiger partial charge in [0.25, 0.3) is 0 Å². The minimum absolute atomic E-state index is 0.172. The lowest BCUT2D eigenvalue weighted by Gasteiger charge is -2.03. The molecule has 16 heavy (non-hydrogen) atoms. The second-order valence-corrected chi connectivity index (χ2v) is 4.33. The Hall–Kier alpha value is -1.88. The van der Waals surface area contributed by atoms with Gasteiger partial charge in [0, 0.05) is 5.57 Å². The van der Waals surface area contributed by atoms with Crippen LogP contribution in [-0.2, 0) is 4.79 Å². The molecule has 1 N–H and O–H groups in total. The minimum atomic E-state index is -0.500. The van der Waals surface area contributed by atoms with E-state index in [4.69, 9.17) is 4.74 Å². The number of carbonyl (C=O) groups excluding carboxylic acids is 1. The van der Waals surface area contributed by atoms with Crippen LogP contribution in [0.1, 0.15) is 6.92 Å². The van der Waals surface area contributed by atoms with Gasteiger partial charge in [-0.25, -0.2) is 4.79 Å². The van der Waals surface area contributed by atoms with Crippen molar-refractivity contribution >= 4 is 27.5 Å². The number of esters is 1. The van der Waals surface area contributed by atoms with Gasteiger partial charge < -0.3 is 9.72 Å². The summed E-state index contributed by atoms with van der Waals surface area (Å²) >= 11 is 1.08. The van der Waals surface area contributed by atoms with Crippen molar-refractivity contribution in [2.45, 2.75) is 6.92 Å². The van der Waals surface area contributed by atoms with Crippen molar-refractivity contribution in [1.82, 2.24) is 4.98 Å². The number of aromatic amines is 1. The lowest BCUT2D eigenvalue weighted by molar-refractivity contribution is -0.129. The third-order valence-electron chi connectivity index (χ3n) is 1.97. The average Bonchev–Trinajstić information content (AvgIpc) is 2.59. The molecular weight excluding hydrogens is 226 g/mol. The van der Waals surface area contributed by atoms with E-state index in [1.165, 1.54) is 0 Å². The SMILES string of the molecule is C=C(C)C(=O)Oc1cccc2sc(=O)[nH]c12. The van der Waals surface area contributed by atoms with Crippen LogP contribution in [-0.4, -0.2) is 11.0 Å². The van der Waals surface area contributed by atoms with Crippen molar-refractivity contribution in [3.8, 4) is 5.75 Å². The molecule has 5 heteroatoms. The molecule has 4 nitrogen and oxygen atoms in total. The Morgan fingerprint density at radius 1 is 1.50 bits per heavy atom. The number of carbonyl (C=O) groups is 1. The highest BCUT2D eigenvalue weighted by molar-refractivity contribution is 7.16. The molecule has 0 aliphatic rings. The lowest BCUT2D eigenvalue weighted by Crippen LogP contribution is -2.08. The summed E-state index contributed by atoms with van der Waals surface area (Å²) in [6.07, 6.45) is 0. The molecule has 0 aliphatic carbocycles. The Morgan fingerprint density at radius 3 is 2.94 bits per heavy atom. The van der Waals surface area contributed by atoms with Crippen LogP contribution in [0.4, 0.5) is 0 Å². The maximum atomic E-state index is 11.4. The molecule has 0 atom stereocenters. The normalized spacial score (nSPS) is 10.3. The van der Waals surface area contributed by atoms with E-state index in [2.05, 4.69) is 11.6 Å². The molecule has 1 aromatic carbocycles. The van der Waals surface area contributed by atoms with Crippen LogP contribution in [0.2, 0.25) is 0 Å². The van der Waals surface area contributed by atoms with Crippen LogP contribution >= 0.6 is 11.3 Å². The molecule has 1 aromatic heterocycles. The first-order valence-electron chi connectivity index (χ1n) is 4.57. The van der Waals surface area contributed by atoms with Crippen LogP contribution in [0.3, 0.4) is 0 Å². The summed E-state index contributed by atoms with van der Waals surface area (Å²) < 4.78 is 5.86. The number of nitrogens with one attached hydrogen (secondary N) is 1. The fourth-order valence-corrected chi connectivity index (χ4v) is 1.97. The molecule has 0 aliphatic heterocycles. The van der Waals surface area contributed by atoms with Crippen LogP contribution in [0.15, 0.2) is 35.1 Å². The summed E-state index contributed by atoms with van der Waals surface area (Å²) in [5.41, 5.74) is 0.863. The number of para-hydroxylation sites is 1. The molecule has 1 heterocycles. The maximum Gasteiger partial charge on any atom is 0.338 e. The van der Waals surface area contributed by atoms with Crippen LogP contribution in [0.25, 0.3) is 10.2 Å². The van der Waals surface area contributed by atoms with E-state index in [9.17, 15) is 9.59 Å². The van der Waals surface area contributed by atoms with E-state index in [-0.39, 0.29) is 4.87 Å². The Balaban J connectivity index is 2.48. The van der Waals surface area contributed by atoms with Crippen LogP contribution in [0, 0.1) is 0 Å². The van der Waals surface area contributed by atoms with Gasteiger partial charge in [0.1, 0.15) is 5.52 Å². The number of thiazole rings is 1. The fourth-order valence-electron chi connectivity index (χ4n) is 1.22. The Kier molecular flexibility index (Phi) is 2.62. The minimum Gasteiger partial charge on any atom is -0.421 e. The predicted molar refractivity (Wildman–Crippen MR) is 62.9 cm³/mol. The van der Waals surface area contributed by atoms with Gasteiger partial charge in [-0.2, -0.15) is 0 Å². The largest absolute Gasteiger partial charge is 0.421 e. The van der Waals surface area contributed by atoms with Crippen molar-refractivity contribution in [1.29, 1.82) is 0 Å². The molecule has 2 aromatic rings. The molecule has 0 saturated carbocycles. The second-order valence-electron chi connectivity index (χ2n) is 3.31. The topological polar surface area (TPSA) is 59.2 Å². The van der Waals surface area contributed by atoms with Gasteiger partial charge in [0.2, 0.25) is 0 Å². The highest BCUT2D eigenvalue weighted by atomic mass is 32.1. The van der Waals surface area contributed by atoms with Gasteiger partial charge in [-0.15, -0.1) is 0 Å². The number of hydrogen-bond donors (Lipinski definition) is 1. The van der Waals surface area contributed by atoms with E-state index in [0.29, 0.717) is 16.8 Å². The van der Waals surface area contributed by atoms with Crippen molar-refractivity contribution in [2.75, 3.05) is 0 Å². The maximum absolute atomic E-state index is 11.4. The van der Waals surface area contributed by atoms with E-state index >= 15 is 0 Å². The molecular formula is C11H9NO3S. The van der Waals surface area contributed by atoms with E-state index in [1.807, 2.05) is 0 Å². The number of fused-ring (bicyclic) bond motifs is 1. The summed E-state index contributed by atoms with van der Waals surface area (Å²) in [5, 5.41) is 0. The van der Waals surface area contributed by atoms with Gasteiger partial charge in [-0.05, 0) is 19.1 Å². The van der Waals surface area contributed by atoms with Gasteiger partial charge in [0.15, 0.2) is 5.75 Å². The van der Waals surface area contributed by atoms with E-state index in [0.717, 1.165) is 16.0 Å². The van der Waals surface area contributed by atoms with E-state index < -0.39 is 5.97 Å². The first-order chi connectivity index (χ1) is 7.58. The molecule has 0 amide bonds. The molecule has 0 spiro atoms. The lowest BCUT2D eigenvalue weighted by atomic mass is 10.3.